The van der Waals surface area contributed by atoms with Gasteiger partial charge in [-0.25, -0.2) is 0 Å². The van der Waals surface area contributed by atoms with Gasteiger partial charge in [-0.1, -0.05) is 12.0 Å². The Balaban J connectivity index is 3.69. The predicted molar refractivity (Wildman–Crippen MR) is 55.5 cm³/mol. The molecule has 0 spiro atoms. The maximum absolute atomic E-state index is 8.65. The molecule has 0 amide bonds. The summed E-state index contributed by atoms with van der Waals surface area (Å²) in [5.41, 5.74) is 8.07. The van der Waals surface area contributed by atoms with E-state index in [1.807, 2.05) is 6.92 Å². The van der Waals surface area contributed by atoms with Gasteiger partial charge in [0.05, 0.1) is 12.0 Å². The lowest BCUT2D eigenvalue weighted by Crippen LogP contribution is -2.29. The average molecular weight is 195 g/mol. The Morgan fingerprint density at radius 1 is 1.64 bits per heavy atom. The van der Waals surface area contributed by atoms with Crippen LogP contribution in [-0.4, -0.2) is 31.1 Å². The zero-order chi connectivity index (χ0) is 10.8. The molecule has 0 aliphatic carbocycles. The molecular formula is C9H17N5. The van der Waals surface area contributed by atoms with Gasteiger partial charge in [0.2, 0.25) is 0 Å². The first-order valence-electron chi connectivity index (χ1n) is 4.87. The fraction of sp³-hybridized carbons (Fsp3) is 0.889. The zero-order valence-electron chi connectivity index (χ0n) is 8.85. The Labute approximate surface area is 84.9 Å². The van der Waals surface area contributed by atoms with Crippen LogP contribution in [0.2, 0.25) is 0 Å². The molecule has 14 heavy (non-hydrogen) atoms. The third kappa shape index (κ3) is 6.30. The van der Waals surface area contributed by atoms with Crippen LogP contribution in [-0.2, 0) is 0 Å². The van der Waals surface area contributed by atoms with Gasteiger partial charge in [0, 0.05) is 18.0 Å². The van der Waals surface area contributed by atoms with Crippen molar-refractivity contribution in [2.24, 2.45) is 11.0 Å². The third-order valence-corrected chi connectivity index (χ3v) is 2.00. The van der Waals surface area contributed by atoms with Crippen molar-refractivity contribution in [1.82, 2.24) is 4.90 Å². The van der Waals surface area contributed by atoms with E-state index in [1.54, 1.807) is 0 Å². The summed E-state index contributed by atoms with van der Waals surface area (Å²) in [5, 5.41) is 12.1. The molecule has 5 heteroatoms. The highest BCUT2D eigenvalue weighted by Gasteiger charge is 2.06. The first-order chi connectivity index (χ1) is 6.74. The van der Waals surface area contributed by atoms with Crippen LogP contribution in [0.4, 0.5) is 0 Å². The normalized spacial score (nSPS) is 11.9. The molecule has 0 aromatic carbocycles. The van der Waals surface area contributed by atoms with E-state index >= 15 is 0 Å². The van der Waals surface area contributed by atoms with E-state index in [2.05, 4.69) is 27.9 Å². The highest BCUT2D eigenvalue weighted by molar-refractivity contribution is 4.81. The van der Waals surface area contributed by atoms with Gasteiger partial charge in [-0.3, -0.25) is 0 Å². The van der Waals surface area contributed by atoms with Crippen LogP contribution in [0.3, 0.4) is 0 Å². The molecule has 0 rings (SSSR count). The molecule has 0 N–H and O–H groups in total. The lowest BCUT2D eigenvalue weighted by Gasteiger charge is -2.20. The molecule has 1 unspecified atom stereocenters. The van der Waals surface area contributed by atoms with Crippen molar-refractivity contribution < 1.29 is 0 Å². The minimum atomic E-state index is 0.0643. The average Bonchev–Trinajstić information content (AvgIpc) is 2.22. The first kappa shape index (κ1) is 12.8. The van der Waals surface area contributed by atoms with Gasteiger partial charge >= 0.3 is 0 Å². The molecule has 0 saturated carbocycles. The lowest BCUT2D eigenvalue weighted by molar-refractivity contribution is 0.267. The van der Waals surface area contributed by atoms with Crippen LogP contribution >= 0.6 is 0 Å². The second-order valence-electron chi connectivity index (χ2n) is 3.23. The van der Waals surface area contributed by atoms with Crippen LogP contribution in [0.15, 0.2) is 5.11 Å². The molecule has 5 nitrogen and oxygen atoms in total. The molecule has 78 valence electrons. The summed E-state index contributed by atoms with van der Waals surface area (Å²) >= 11 is 0. The Morgan fingerprint density at radius 2 is 2.36 bits per heavy atom. The summed E-state index contributed by atoms with van der Waals surface area (Å²) < 4.78 is 0. The van der Waals surface area contributed by atoms with Gasteiger partial charge < -0.3 is 4.90 Å². The second-order valence-corrected chi connectivity index (χ2v) is 3.23. The molecule has 0 saturated heterocycles. The summed E-state index contributed by atoms with van der Waals surface area (Å²) in [6.07, 6.45) is 0.857. The number of hydrogen-bond donors (Lipinski definition) is 0. The van der Waals surface area contributed by atoms with Gasteiger partial charge in [-0.2, -0.15) is 5.26 Å². The number of hydrogen-bond acceptors (Lipinski definition) is 3. The van der Waals surface area contributed by atoms with E-state index in [9.17, 15) is 0 Å². The molecule has 1 atom stereocenters. The summed E-state index contributed by atoms with van der Waals surface area (Å²) in [4.78, 5) is 4.88. The highest BCUT2D eigenvalue weighted by atomic mass is 15.1. The Bertz CT molecular complexity index is 226. The number of nitrogens with zero attached hydrogens (tertiary/aromatic N) is 5. The summed E-state index contributed by atoms with van der Waals surface area (Å²) in [6.45, 7) is 7.13. The van der Waals surface area contributed by atoms with Crippen molar-refractivity contribution in [3.8, 4) is 6.07 Å². The minimum absolute atomic E-state index is 0.0643. The maximum atomic E-state index is 8.65. The Morgan fingerprint density at radius 3 is 2.86 bits per heavy atom. The summed E-state index contributed by atoms with van der Waals surface area (Å²) in [7, 11) is 0. The van der Waals surface area contributed by atoms with E-state index in [1.165, 1.54) is 0 Å². The fourth-order valence-electron chi connectivity index (χ4n) is 1.22. The molecule has 0 aromatic rings. The standard InChI is InChI=1S/C9H17N5/c1-3-14(8-9(2)7-10)6-4-5-12-13-11/h9H,3-6,8H2,1-2H3. The summed E-state index contributed by atoms with van der Waals surface area (Å²) in [6, 6.07) is 2.21. The molecular weight excluding hydrogens is 178 g/mol. The Hall–Kier alpha value is -1.24. The van der Waals surface area contributed by atoms with Crippen LogP contribution < -0.4 is 0 Å². The van der Waals surface area contributed by atoms with Crippen molar-refractivity contribution in [3.05, 3.63) is 10.4 Å². The van der Waals surface area contributed by atoms with E-state index in [-0.39, 0.29) is 5.92 Å². The SMILES string of the molecule is CCN(CCCN=[N+]=[N-])CC(C)C#N. The third-order valence-electron chi connectivity index (χ3n) is 2.00. The van der Waals surface area contributed by atoms with E-state index in [0.717, 1.165) is 26.1 Å². The molecule has 0 aliphatic rings. The molecule has 0 aromatic heterocycles. The summed E-state index contributed by atoms with van der Waals surface area (Å²) in [5.74, 6) is 0.0643. The number of nitriles is 1. The second kappa shape index (κ2) is 8.36. The van der Waals surface area contributed by atoms with Gasteiger partial charge in [0.1, 0.15) is 0 Å². The first-order valence-corrected chi connectivity index (χ1v) is 4.87. The smallest absolute Gasteiger partial charge is 0.0666 e. The van der Waals surface area contributed by atoms with Crippen molar-refractivity contribution in [2.45, 2.75) is 20.3 Å². The van der Waals surface area contributed by atoms with Crippen LogP contribution in [0.5, 0.6) is 0 Å². The van der Waals surface area contributed by atoms with Crippen molar-refractivity contribution in [3.63, 3.8) is 0 Å². The quantitative estimate of drug-likeness (QED) is 0.270. The monoisotopic (exact) mass is 195 g/mol. The van der Waals surface area contributed by atoms with Gasteiger partial charge in [-0.05, 0) is 32.0 Å². The number of azide groups is 1. The molecule has 0 bridgehead atoms. The zero-order valence-corrected chi connectivity index (χ0v) is 8.85. The Kier molecular flexibility index (Phi) is 7.62. The minimum Gasteiger partial charge on any atom is -0.302 e. The molecule has 0 aliphatic heterocycles. The van der Waals surface area contributed by atoms with Crippen molar-refractivity contribution >= 4 is 0 Å². The van der Waals surface area contributed by atoms with Gasteiger partial charge in [-0.15, -0.1) is 0 Å². The highest BCUT2D eigenvalue weighted by Crippen LogP contribution is 1.99. The van der Waals surface area contributed by atoms with Gasteiger partial charge in [0.15, 0.2) is 0 Å². The molecule has 0 radical (unpaired) electrons. The van der Waals surface area contributed by atoms with E-state index in [4.69, 9.17) is 10.8 Å². The van der Waals surface area contributed by atoms with E-state index < -0.39 is 0 Å². The topological polar surface area (TPSA) is 75.8 Å². The fourth-order valence-corrected chi connectivity index (χ4v) is 1.22. The van der Waals surface area contributed by atoms with Crippen molar-refractivity contribution in [1.29, 1.82) is 5.26 Å². The molecule has 0 fully saturated rings. The largest absolute Gasteiger partial charge is 0.302 e. The number of rotatable bonds is 7. The molecule has 0 heterocycles. The van der Waals surface area contributed by atoms with E-state index in [0.29, 0.717) is 6.54 Å². The van der Waals surface area contributed by atoms with Crippen LogP contribution in [0.25, 0.3) is 10.4 Å². The van der Waals surface area contributed by atoms with Crippen LogP contribution in [0.1, 0.15) is 20.3 Å². The maximum Gasteiger partial charge on any atom is 0.0666 e. The lowest BCUT2D eigenvalue weighted by atomic mass is 10.2. The van der Waals surface area contributed by atoms with Gasteiger partial charge in [0.25, 0.3) is 0 Å². The van der Waals surface area contributed by atoms with Crippen LogP contribution in [0, 0.1) is 17.2 Å². The predicted octanol–water partition coefficient (Wildman–Crippen LogP) is 2.17. The van der Waals surface area contributed by atoms with Crippen molar-refractivity contribution in [2.75, 3.05) is 26.2 Å².